The normalized spacial score (nSPS) is 21.1. The van der Waals surface area contributed by atoms with E-state index in [4.69, 9.17) is 11.6 Å². The molecule has 4 heteroatoms. The van der Waals surface area contributed by atoms with Crippen LogP contribution in [0.3, 0.4) is 0 Å². The van der Waals surface area contributed by atoms with Gasteiger partial charge in [0.1, 0.15) is 5.82 Å². The van der Waals surface area contributed by atoms with Crippen molar-refractivity contribution in [1.82, 2.24) is 5.32 Å². The maximum Gasteiger partial charge on any atom is 0.127 e. The molecule has 0 aromatic heterocycles. The second-order valence-corrected chi connectivity index (χ2v) is 6.89. The highest BCUT2D eigenvalue weighted by Gasteiger charge is 2.29. The van der Waals surface area contributed by atoms with E-state index in [2.05, 4.69) is 33.4 Å². The molecule has 1 nitrogen and oxygen atoms in total. The lowest BCUT2D eigenvalue weighted by Crippen LogP contribution is -2.39. The van der Waals surface area contributed by atoms with Gasteiger partial charge in [-0.15, -0.1) is 0 Å². The van der Waals surface area contributed by atoms with Crippen LogP contribution in [0.2, 0.25) is 5.02 Å². The quantitative estimate of drug-likeness (QED) is 0.774. The minimum atomic E-state index is -0.153. The number of hydrogen-bond acceptors (Lipinski definition) is 1. The van der Waals surface area contributed by atoms with E-state index in [1.165, 1.54) is 11.6 Å². The Morgan fingerprint density at radius 2 is 1.86 bits per heavy atom. The van der Waals surface area contributed by atoms with Gasteiger partial charge in [-0.1, -0.05) is 39.7 Å². The average molecular weight is 369 g/mol. The predicted octanol–water partition coefficient (Wildman–Crippen LogP) is 5.28. The van der Waals surface area contributed by atoms with Gasteiger partial charge in [0, 0.05) is 27.6 Å². The van der Waals surface area contributed by atoms with Gasteiger partial charge in [-0.05, 0) is 54.7 Å². The summed E-state index contributed by atoms with van der Waals surface area (Å²) in [6.45, 7) is 0.573. The fourth-order valence-electron chi connectivity index (χ4n) is 2.72. The fraction of sp³-hybridized carbons (Fsp3) is 0.294. The van der Waals surface area contributed by atoms with Gasteiger partial charge in [-0.3, -0.25) is 0 Å². The Bertz CT molecular complexity index is 623. The molecule has 0 heterocycles. The van der Waals surface area contributed by atoms with Crippen molar-refractivity contribution in [2.24, 2.45) is 0 Å². The van der Waals surface area contributed by atoms with Gasteiger partial charge in [0.05, 0.1) is 0 Å². The highest BCUT2D eigenvalue weighted by atomic mass is 79.9. The lowest BCUT2D eigenvalue weighted by Gasteiger charge is -2.36. The van der Waals surface area contributed by atoms with E-state index in [1.807, 2.05) is 18.2 Å². The Hall–Kier alpha value is -0.900. The number of hydrogen-bond donors (Lipinski definition) is 1. The van der Waals surface area contributed by atoms with Crippen LogP contribution in [0.1, 0.15) is 29.9 Å². The molecule has 2 aromatic rings. The minimum absolute atomic E-state index is 0.153. The van der Waals surface area contributed by atoms with Crippen LogP contribution in [0, 0.1) is 5.82 Å². The molecule has 0 spiro atoms. The first-order valence-electron chi connectivity index (χ1n) is 7.04. The number of benzene rings is 2. The molecule has 1 saturated carbocycles. The van der Waals surface area contributed by atoms with E-state index in [9.17, 15) is 4.39 Å². The van der Waals surface area contributed by atoms with Gasteiger partial charge in [0.2, 0.25) is 0 Å². The van der Waals surface area contributed by atoms with Crippen molar-refractivity contribution >= 4 is 27.5 Å². The van der Waals surface area contributed by atoms with Crippen molar-refractivity contribution in [3.05, 3.63) is 68.9 Å². The second kappa shape index (κ2) is 6.47. The third-order valence-electron chi connectivity index (χ3n) is 4.07. The Kier molecular flexibility index (Phi) is 4.63. The molecule has 3 rings (SSSR count). The highest BCUT2D eigenvalue weighted by molar-refractivity contribution is 9.10. The zero-order valence-corrected chi connectivity index (χ0v) is 13.8. The third kappa shape index (κ3) is 3.65. The average Bonchev–Trinajstić information content (AvgIpc) is 2.42. The summed E-state index contributed by atoms with van der Waals surface area (Å²) in [6, 6.07) is 13.6. The molecule has 1 fully saturated rings. The van der Waals surface area contributed by atoms with Crippen molar-refractivity contribution < 1.29 is 4.39 Å². The summed E-state index contributed by atoms with van der Waals surface area (Å²) in [6.07, 6.45) is 2.19. The van der Waals surface area contributed by atoms with Crippen LogP contribution in [-0.4, -0.2) is 6.04 Å². The summed E-state index contributed by atoms with van der Waals surface area (Å²) in [5, 5.41) is 4.20. The second-order valence-electron chi connectivity index (χ2n) is 5.53. The van der Waals surface area contributed by atoms with Gasteiger partial charge >= 0.3 is 0 Å². The molecule has 2 aromatic carbocycles. The summed E-state index contributed by atoms with van der Waals surface area (Å²) >= 11 is 9.27. The topological polar surface area (TPSA) is 12.0 Å². The lowest BCUT2D eigenvalue weighted by molar-refractivity contribution is 0.288. The van der Waals surface area contributed by atoms with E-state index in [0.29, 0.717) is 24.1 Å². The smallest absolute Gasteiger partial charge is 0.127 e. The van der Waals surface area contributed by atoms with Crippen molar-refractivity contribution in [2.75, 3.05) is 0 Å². The van der Waals surface area contributed by atoms with Crippen molar-refractivity contribution in [2.45, 2.75) is 31.3 Å². The fourth-order valence-corrected chi connectivity index (χ4v) is 3.26. The summed E-state index contributed by atoms with van der Waals surface area (Å²) in [7, 11) is 0. The summed E-state index contributed by atoms with van der Waals surface area (Å²) < 4.78 is 14.6. The van der Waals surface area contributed by atoms with Gasteiger partial charge in [0.15, 0.2) is 0 Å². The van der Waals surface area contributed by atoms with Crippen LogP contribution >= 0.6 is 27.5 Å². The molecule has 0 aliphatic heterocycles. The van der Waals surface area contributed by atoms with E-state index in [1.54, 1.807) is 6.07 Å². The van der Waals surface area contributed by atoms with Crippen molar-refractivity contribution in [3.8, 4) is 0 Å². The van der Waals surface area contributed by atoms with Gasteiger partial charge in [-0.2, -0.15) is 0 Å². The van der Waals surface area contributed by atoms with Crippen molar-refractivity contribution in [3.63, 3.8) is 0 Å². The molecule has 0 atom stereocenters. The Labute approximate surface area is 137 Å². The first kappa shape index (κ1) is 15.0. The number of rotatable bonds is 4. The largest absolute Gasteiger partial charge is 0.310 e. The first-order valence-corrected chi connectivity index (χ1v) is 8.21. The van der Waals surface area contributed by atoms with E-state index in [0.717, 1.165) is 22.3 Å². The molecule has 1 aliphatic carbocycles. The highest BCUT2D eigenvalue weighted by Crippen LogP contribution is 2.37. The lowest BCUT2D eigenvalue weighted by atomic mass is 9.76. The molecule has 1 aliphatic rings. The van der Waals surface area contributed by atoms with Gasteiger partial charge in [0.25, 0.3) is 0 Å². The molecule has 0 unspecified atom stereocenters. The van der Waals surface area contributed by atoms with Gasteiger partial charge < -0.3 is 5.32 Å². The Balaban J connectivity index is 1.51. The Morgan fingerprint density at radius 1 is 1.14 bits per heavy atom. The van der Waals surface area contributed by atoms with Crippen LogP contribution < -0.4 is 5.32 Å². The molecule has 1 N–H and O–H groups in total. The molecule has 0 bridgehead atoms. The van der Waals surface area contributed by atoms with E-state index >= 15 is 0 Å². The first-order chi connectivity index (χ1) is 10.1. The molecule has 0 radical (unpaired) electrons. The van der Waals surface area contributed by atoms with Gasteiger partial charge in [-0.25, -0.2) is 4.39 Å². The van der Waals surface area contributed by atoms with Crippen LogP contribution in [0.5, 0.6) is 0 Å². The molecule has 0 saturated heterocycles. The predicted molar refractivity (Wildman–Crippen MR) is 88.2 cm³/mol. The number of halogens is 3. The third-order valence-corrected chi connectivity index (χ3v) is 4.81. The van der Waals surface area contributed by atoms with Crippen LogP contribution in [0.25, 0.3) is 0 Å². The monoisotopic (exact) mass is 367 g/mol. The van der Waals surface area contributed by atoms with E-state index < -0.39 is 0 Å². The molecule has 21 heavy (non-hydrogen) atoms. The molecular weight excluding hydrogens is 353 g/mol. The molecule has 110 valence electrons. The maximum atomic E-state index is 13.6. The van der Waals surface area contributed by atoms with Crippen LogP contribution in [0.15, 0.2) is 46.9 Å². The zero-order valence-electron chi connectivity index (χ0n) is 11.5. The Morgan fingerprint density at radius 3 is 2.57 bits per heavy atom. The SMILES string of the molecule is Fc1ccc(Br)cc1CNC1CC(c2ccc(Cl)cc2)C1. The standard InChI is InChI=1S/C17H16BrClFN/c18-14-3-6-17(20)13(7-14)10-21-16-8-12(9-16)11-1-4-15(19)5-2-11/h1-7,12,16,21H,8-10H2. The zero-order chi connectivity index (χ0) is 14.8. The van der Waals surface area contributed by atoms with E-state index in [-0.39, 0.29) is 5.82 Å². The summed E-state index contributed by atoms with van der Waals surface area (Å²) in [5.41, 5.74) is 2.05. The number of nitrogens with one attached hydrogen (secondary N) is 1. The minimum Gasteiger partial charge on any atom is -0.310 e. The van der Waals surface area contributed by atoms with Crippen LogP contribution in [-0.2, 0) is 6.54 Å². The maximum absolute atomic E-state index is 13.6. The summed E-state index contributed by atoms with van der Waals surface area (Å²) in [5.74, 6) is 0.436. The molecule has 0 amide bonds. The van der Waals surface area contributed by atoms with Crippen LogP contribution in [0.4, 0.5) is 4.39 Å². The van der Waals surface area contributed by atoms with Crippen molar-refractivity contribution in [1.29, 1.82) is 0 Å². The summed E-state index contributed by atoms with van der Waals surface area (Å²) in [4.78, 5) is 0. The molecular formula is C17H16BrClFN.